The minimum atomic E-state index is -4.60. The zero-order valence-corrected chi connectivity index (χ0v) is 23.5. The molecule has 1 N–H and O–H groups in total. The fourth-order valence-electron chi connectivity index (χ4n) is 5.57. The minimum absolute atomic E-state index is 0.00266. The molecule has 1 aliphatic heterocycles. The number of halogens is 4. The molecule has 2 aliphatic rings. The highest BCUT2D eigenvalue weighted by Gasteiger charge is 2.47. The molecule has 8 nitrogen and oxygen atoms in total. The van der Waals surface area contributed by atoms with E-state index in [0.717, 1.165) is 57.6 Å². The Bertz CT molecular complexity index is 1740. The van der Waals surface area contributed by atoms with Crippen LogP contribution in [0.2, 0.25) is 5.02 Å². The third kappa shape index (κ3) is 5.66. The van der Waals surface area contributed by atoms with E-state index in [-0.39, 0.29) is 18.2 Å². The van der Waals surface area contributed by atoms with E-state index in [4.69, 9.17) is 21.1 Å². The van der Waals surface area contributed by atoms with Crippen LogP contribution in [0.1, 0.15) is 23.3 Å². The second-order valence-corrected chi connectivity index (χ2v) is 12.1. The molecule has 0 atom stereocenters. The van der Waals surface area contributed by atoms with Gasteiger partial charge in [-0.05, 0) is 36.8 Å². The lowest BCUT2D eigenvalue weighted by atomic mass is 9.74. The summed E-state index contributed by atoms with van der Waals surface area (Å²) < 4.78 is 53.0. The summed E-state index contributed by atoms with van der Waals surface area (Å²) in [6, 6.07) is 8.24. The molecule has 6 rings (SSSR count). The fraction of sp³-hybridized carbons (Fsp3) is 0.393. The van der Waals surface area contributed by atoms with Crippen LogP contribution in [0.25, 0.3) is 21.3 Å². The number of pyridine rings is 1. The number of aryl methyl sites for hydroxylation is 1. The van der Waals surface area contributed by atoms with E-state index in [9.17, 15) is 22.8 Å². The Morgan fingerprint density at radius 3 is 2.76 bits per heavy atom. The van der Waals surface area contributed by atoms with Crippen molar-refractivity contribution in [3.05, 3.63) is 79.0 Å². The van der Waals surface area contributed by atoms with Crippen molar-refractivity contribution in [2.24, 2.45) is 0 Å². The van der Waals surface area contributed by atoms with Crippen molar-refractivity contribution in [1.82, 2.24) is 19.4 Å². The zero-order valence-electron chi connectivity index (χ0n) is 22.0. The van der Waals surface area contributed by atoms with Gasteiger partial charge in [0, 0.05) is 64.4 Å². The van der Waals surface area contributed by atoms with Gasteiger partial charge in [-0.2, -0.15) is 13.2 Å². The van der Waals surface area contributed by atoms with Crippen LogP contribution in [0, 0.1) is 6.92 Å². The minimum Gasteiger partial charge on any atom is -0.489 e. The van der Waals surface area contributed by atoms with E-state index in [2.05, 4.69) is 10.3 Å². The van der Waals surface area contributed by atoms with E-state index < -0.39 is 24.0 Å². The first-order valence-electron chi connectivity index (χ1n) is 13.0. The molecule has 0 unspecified atom stereocenters. The lowest BCUT2D eigenvalue weighted by molar-refractivity contribution is -0.141. The molecule has 13 heteroatoms. The van der Waals surface area contributed by atoms with Gasteiger partial charge in [0.2, 0.25) is 0 Å². The third-order valence-electron chi connectivity index (χ3n) is 7.44. The molecule has 3 aromatic heterocycles. The van der Waals surface area contributed by atoms with Gasteiger partial charge < -0.3 is 14.8 Å². The molecule has 4 heterocycles. The smallest absolute Gasteiger partial charge is 0.406 e. The second-order valence-electron chi connectivity index (χ2n) is 10.6. The molecule has 216 valence electrons. The number of hydrogen-bond donors (Lipinski definition) is 1. The number of benzene rings is 1. The van der Waals surface area contributed by atoms with Crippen molar-refractivity contribution in [1.29, 1.82) is 0 Å². The first kappa shape index (κ1) is 28.0. The van der Waals surface area contributed by atoms with Crippen LogP contribution >= 0.6 is 22.9 Å². The summed E-state index contributed by atoms with van der Waals surface area (Å²) in [6.07, 6.45) is -0.437. The summed E-state index contributed by atoms with van der Waals surface area (Å²) in [5.74, 6) is 0.711. The number of fused-ring (bicyclic) bond motifs is 1. The van der Waals surface area contributed by atoms with Gasteiger partial charge in [0.15, 0.2) is 0 Å². The normalized spacial score (nSPS) is 20.9. The second kappa shape index (κ2) is 10.6. The van der Waals surface area contributed by atoms with Crippen LogP contribution in [-0.4, -0.2) is 51.7 Å². The van der Waals surface area contributed by atoms with Crippen molar-refractivity contribution in [3.8, 4) is 16.9 Å². The highest BCUT2D eigenvalue weighted by atomic mass is 35.5. The van der Waals surface area contributed by atoms with Crippen LogP contribution in [0.15, 0.2) is 52.3 Å². The number of nitrogens with one attached hydrogen (secondary N) is 1. The first-order valence-corrected chi connectivity index (χ1v) is 14.2. The Morgan fingerprint density at radius 1 is 1.22 bits per heavy atom. The molecule has 0 amide bonds. The van der Waals surface area contributed by atoms with E-state index in [1.54, 1.807) is 12.3 Å². The van der Waals surface area contributed by atoms with E-state index >= 15 is 0 Å². The SMILES string of the molecule is Cc1cc(Cl)cc(-c2ccnc3cc(Cn4c(=O)ccn(CC(F)(F)F)c4=O)sc23)c1OC1CC2(COCCN2)C1. The standard InChI is InChI=1S/C28H26ClF3N4O4S/c1-16-8-17(29)9-21(24(16)40-18-11-27(12-18)15-39-7-5-34-27)20-2-4-33-22-10-19(41-25(20)22)13-36-23(37)3-6-35(26(36)38)14-28(30,31)32/h2-4,6,8-10,18,34H,5,7,11-15H2,1H3. The van der Waals surface area contributed by atoms with Crippen molar-refractivity contribution >= 4 is 33.2 Å². The third-order valence-corrected chi connectivity index (χ3v) is 8.80. The predicted molar refractivity (Wildman–Crippen MR) is 150 cm³/mol. The maximum Gasteiger partial charge on any atom is 0.406 e. The molecule has 1 saturated heterocycles. The number of hydrogen-bond acceptors (Lipinski definition) is 7. The van der Waals surface area contributed by atoms with Gasteiger partial charge in [0.25, 0.3) is 5.56 Å². The molecule has 1 spiro atoms. The molecule has 4 aromatic rings. The van der Waals surface area contributed by atoms with E-state index in [1.807, 2.05) is 25.1 Å². The van der Waals surface area contributed by atoms with Crippen LogP contribution in [0.5, 0.6) is 5.75 Å². The Morgan fingerprint density at radius 2 is 2.02 bits per heavy atom. The Balaban J connectivity index is 1.34. The fourth-order valence-corrected chi connectivity index (χ4v) is 6.97. The molecule has 1 aliphatic carbocycles. The lowest BCUT2D eigenvalue weighted by Crippen LogP contribution is -2.64. The summed E-state index contributed by atoms with van der Waals surface area (Å²) in [6.45, 7) is 2.46. The van der Waals surface area contributed by atoms with Gasteiger partial charge in [0.1, 0.15) is 18.4 Å². The average molecular weight is 607 g/mol. The topological polar surface area (TPSA) is 87.4 Å². The molecule has 0 bridgehead atoms. The highest BCUT2D eigenvalue weighted by Crippen LogP contribution is 2.44. The zero-order chi connectivity index (χ0) is 28.9. The summed E-state index contributed by atoms with van der Waals surface area (Å²) in [4.78, 5) is 30.2. The average Bonchev–Trinajstić information content (AvgIpc) is 3.31. The van der Waals surface area contributed by atoms with Crippen LogP contribution in [0.4, 0.5) is 13.2 Å². The van der Waals surface area contributed by atoms with Crippen LogP contribution in [0.3, 0.4) is 0 Å². The number of ether oxygens (including phenoxy) is 2. The van der Waals surface area contributed by atoms with E-state index in [1.165, 1.54) is 11.3 Å². The Hall–Kier alpha value is -3.19. The molecular formula is C28H26ClF3N4O4S. The maximum atomic E-state index is 12.9. The van der Waals surface area contributed by atoms with E-state index in [0.29, 0.717) is 38.9 Å². The molecule has 1 saturated carbocycles. The molecule has 0 radical (unpaired) electrons. The number of morpholine rings is 1. The van der Waals surface area contributed by atoms with Gasteiger partial charge in [-0.25, -0.2) is 4.79 Å². The summed E-state index contributed by atoms with van der Waals surface area (Å²) >= 11 is 7.79. The Kier molecular flexibility index (Phi) is 7.21. The van der Waals surface area contributed by atoms with Crippen molar-refractivity contribution in [2.75, 3.05) is 19.8 Å². The van der Waals surface area contributed by atoms with Crippen LogP contribution < -0.4 is 21.3 Å². The maximum absolute atomic E-state index is 12.9. The van der Waals surface area contributed by atoms with Crippen molar-refractivity contribution < 1.29 is 22.6 Å². The van der Waals surface area contributed by atoms with Crippen molar-refractivity contribution in [3.63, 3.8) is 0 Å². The van der Waals surface area contributed by atoms with Gasteiger partial charge >= 0.3 is 11.9 Å². The quantitative estimate of drug-likeness (QED) is 0.341. The summed E-state index contributed by atoms with van der Waals surface area (Å²) in [5, 5.41) is 4.09. The summed E-state index contributed by atoms with van der Waals surface area (Å²) in [7, 11) is 0. The van der Waals surface area contributed by atoms with Crippen LogP contribution in [-0.2, 0) is 17.8 Å². The van der Waals surface area contributed by atoms with Gasteiger partial charge in [-0.3, -0.25) is 18.9 Å². The largest absolute Gasteiger partial charge is 0.489 e. The Labute approximate surface area is 241 Å². The number of thiophene rings is 1. The predicted octanol–water partition coefficient (Wildman–Crippen LogP) is 4.76. The number of rotatable bonds is 6. The molecule has 41 heavy (non-hydrogen) atoms. The lowest BCUT2D eigenvalue weighted by Gasteiger charge is -2.49. The first-order chi connectivity index (χ1) is 19.5. The summed E-state index contributed by atoms with van der Waals surface area (Å²) in [5.41, 5.74) is 1.34. The number of alkyl halides is 3. The van der Waals surface area contributed by atoms with Gasteiger partial charge in [0.05, 0.1) is 30.0 Å². The number of nitrogens with zero attached hydrogens (tertiary/aromatic N) is 3. The highest BCUT2D eigenvalue weighted by molar-refractivity contribution is 7.19. The molecule has 1 aromatic carbocycles. The van der Waals surface area contributed by atoms with Crippen molar-refractivity contribution in [2.45, 2.75) is 50.7 Å². The monoisotopic (exact) mass is 606 g/mol. The number of aromatic nitrogens is 3. The molecular weight excluding hydrogens is 581 g/mol. The molecule has 2 fully saturated rings. The van der Waals surface area contributed by atoms with Gasteiger partial charge in [-0.1, -0.05) is 11.6 Å². The van der Waals surface area contributed by atoms with Gasteiger partial charge in [-0.15, -0.1) is 11.3 Å².